The largest absolute Gasteiger partial charge is 0.480 e. The van der Waals surface area contributed by atoms with E-state index in [2.05, 4.69) is 15.5 Å². The molecular formula is C10H8ClFN4O2S. The van der Waals surface area contributed by atoms with E-state index in [1.54, 1.807) is 12.1 Å². The fourth-order valence-corrected chi connectivity index (χ4v) is 2.33. The lowest BCUT2D eigenvalue weighted by molar-refractivity contribution is -0.138. The van der Waals surface area contributed by atoms with Crippen LogP contribution in [0.3, 0.4) is 0 Å². The van der Waals surface area contributed by atoms with Gasteiger partial charge in [-0.15, -0.1) is 5.10 Å². The number of carbonyl (C=O) groups is 1. The second-order valence-electron chi connectivity index (χ2n) is 3.54. The van der Waals surface area contributed by atoms with Crippen LogP contribution >= 0.6 is 23.4 Å². The Morgan fingerprint density at radius 2 is 2.32 bits per heavy atom. The number of carboxylic acids is 1. The Hall–Kier alpha value is -1.67. The second kappa shape index (κ2) is 5.98. The molecule has 9 heteroatoms. The van der Waals surface area contributed by atoms with Crippen LogP contribution in [0, 0.1) is 5.82 Å². The van der Waals surface area contributed by atoms with Crippen molar-refractivity contribution in [3.8, 4) is 0 Å². The van der Waals surface area contributed by atoms with Crippen LogP contribution in [0.1, 0.15) is 5.56 Å². The van der Waals surface area contributed by atoms with Gasteiger partial charge in [-0.25, -0.2) is 9.07 Å². The van der Waals surface area contributed by atoms with Crippen molar-refractivity contribution in [3.63, 3.8) is 0 Å². The molecule has 2 aromatic rings. The zero-order valence-corrected chi connectivity index (χ0v) is 11.0. The highest BCUT2D eigenvalue weighted by atomic mass is 35.5. The lowest BCUT2D eigenvalue weighted by atomic mass is 10.2. The van der Waals surface area contributed by atoms with Gasteiger partial charge in [-0.3, -0.25) is 4.79 Å². The topological polar surface area (TPSA) is 80.9 Å². The predicted molar refractivity (Wildman–Crippen MR) is 66.4 cm³/mol. The molecule has 0 atom stereocenters. The molecule has 0 aliphatic carbocycles. The van der Waals surface area contributed by atoms with Crippen LogP contribution in [-0.4, -0.2) is 31.3 Å². The van der Waals surface area contributed by atoms with Crippen molar-refractivity contribution >= 4 is 29.3 Å². The number of aromatic nitrogens is 4. The summed E-state index contributed by atoms with van der Waals surface area (Å²) in [6.07, 6.45) is 0. The van der Waals surface area contributed by atoms with E-state index in [1.807, 2.05) is 0 Å². The Bertz CT molecular complexity index is 607. The highest BCUT2D eigenvalue weighted by molar-refractivity contribution is 7.98. The molecule has 1 aromatic carbocycles. The molecule has 0 fully saturated rings. The molecule has 1 aromatic heterocycles. The molecule has 100 valence electrons. The Morgan fingerprint density at radius 1 is 1.53 bits per heavy atom. The molecule has 0 amide bonds. The quantitative estimate of drug-likeness (QED) is 0.849. The maximum atomic E-state index is 13.5. The van der Waals surface area contributed by atoms with Crippen LogP contribution in [0.5, 0.6) is 0 Å². The smallest absolute Gasteiger partial charge is 0.325 e. The van der Waals surface area contributed by atoms with Crippen molar-refractivity contribution in [1.82, 2.24) is 20.2 Å². The maximum Gasteiger partial charge on any atom is 0.325 e. The van der Waals surface area contributed by atoms with Crippen molar-refractivity contribution in [3.05, 3.63) is 34.6 Å². The first-order valence-corrected chi connectivity index (χ1v) is 6.47. The van der Waals surface area contributed by atoms with Gasteiger partial charge in [0.15, 0.2) is 0 Å². The first-order valence-electron chi connectivity index (χ1n) is 5.11. The first-order chi connectivity index (χ1) is 9.06. The summed E-state index contributed by atoms with van der Waals surface area (Å²) in [5.74, 6) is -1.19. The summed E-state index contributed by atoms with van der Waals surface area (Å²) >= 11 is 6.80. The number of hydrogen-bond acceptors (Lipinski definition) is 5. The van der Waals surface area contributed by atoms with Crippen molar-refractivity contribution in [2.24, 2.45) is 0 Å². The van der Waals surface area contributed by atoms with Gasteiger partial charge in [-0.2, -0.15) is 0 Å². The number of aliphatic carboxylic acids is 1. The summed E-state index contributed by atoms with van der Waals surface area (Å²) in [5.41, 5.74) is 0.444. The van der Waals surface area contributed by atoms with Gasteiger partial charge in [0, 0.05) is 10.8 Å². The minimum Gasteiger partial charge on any atom is -0.480 e. The molecule has 0 spiro atoms. The van der Waals surface area contributed by atoms with Crippen LogP contribution in [-0.2, 0) is 17.1 Å². The third kappa shape index (κ3) is 3.65. The molecule has 6 nitrogen and oxygen atoms in total. The Balaban J connectivity index is 2.06. The molecule has 0 aliphatic heterocycles. The molecule has 0 aliphatic rings. The molecule has 0 bridgehead atoms. The Morgan fingerprint density at radius 3 is 3.00 bits per heavy atom. The number of rotatable bonds is 5. The minimum atomic E-state index is -1.05. The van der Waals surface area contributed by atoms with E-state index in [0.717, 1.165) is 16.4 Å². The SMILES string of the molecule is O=C(O)Cn1nnnc1SCc1ccc(Cl)cc1F. The van der Waals surface area contributed by atoms with Gasteiger partial charge in [0.1, 0.15) is 12.4 Å². The molecule has 0 unspecified atom stereocenters. The molecule has 1 N–H and O–H groups in total. The number of benzene rings is 1. The van der Waals surface area contributed by atoms with Gasteiger partial charge in [-0.05, 0) is 28.1 Å². The van der Waals surface area contributed by atoms with Gasteiger partial charge in [-0.1, -0.05) is 29.4 Å². The lowest BCUT2D eigenvalue weighted by Crippen LogP contribution is -2.11. The van der Waals surface area contributed by atoms with Crippen molar-refractivity contribution in [2.75, 3.05) is 0 Å². The van der Waals surface area contributed by atoms with Crippen LogP contribution in [0.2, 0.25) is 5.02 Å². The zero-order chi connectivity index (χ0) is 13.8. The van der Waals surface area contributed by atoms with Gasteiger partial charge >= 0.3 is 5.97 Å². The number of halogens is 2. The van der Waals surface area contributed by atoms with E-state index in [4.69, 9.17) is 16.7 Å². The summed E-state index contributed by atoms with van der Waals surface area (Å²) in [6, 6.07) is 4.37. The third-order valence-corrected chi connectivity index (χ3v) is 3.40. The van der Waals surface area contributed by atoms with Crippen LogP contribution in [0.4, 0.5) is 4.39 Å². The van der Waals surface area contributed by atoms with E-state index >= 15 is 0 Å². The van der Waals surface area contributed by atoms with E-state index in [-0.39, 0.29) is 12.3 Å². The monoisotopic (exact) mass is 302 g/mol. The van der Waals surface area contributed by atoms with E-state index in [9.17, 15) is 9.18 Å². The van der Waals surface area contributed by atoms with Crippen molar-refractivity contribution in [2.45, 2.75) is 17.5 Å². The van der Waals surface area contributed by atoms with Gasteiger partial charge in [0.2, 0.25) is 5.16 Å². The Kier molecular flexibility index (Phi) is 4.33. The molecule has 0 saturated carbocycles. The molecule has 0 saturated heterocycles. The third-order valence-electron chi connectivity index (χ3n) is 2.16. The van der Waals surface area contributed by atoms with Crippen molar-refractivity contribution < 1.29 is 14.3 Å². The minimum absolute atomic E-state index is 0.281. The lowest BCUT2D eigenvalue weighted by Gasteiger charge is -2.03. The van der Waals surface area contributed by atoms with Crippen molar-refractivity contribution in [1.29, 1.82) is 0 Å². The summed E-state index contributed by atoms with van der Waals surface area (Å²) in [4.78, 5) is 10.6. The number of nitrogens with zero attached hydrogens (tertiary/aromatic N) is 4. The number of tetrazole rings is 1. The van der Waals surface area contributed by atoms with Gasteiger partial charge in [0.05, 0.1) is 0 Å². The molecule has 19 heavy (non-hydrogen) atoms. The molecule has 2 rings (SSSR count). The zero-order valence-electron chi connectivity index (χ0n) is 9.45. The normalized spacial score (nSPS) is 10.6. The first kappa shape index (κ1) is 13.8. The number of thioether (sulfide) groups is 1. The fourth-order valence-electron chi connectivity index (χ4n) is 1.31. The average molecular weight is 303 g/mol. The fraction of sp³-hybridized carbons (Fsp3) is 0.200. The molecular weight excluding hydrogens is 295 g/mol. The average Bonchev–Trinajstić information content (AvgIpc) is 2.74. The number of hydrogen-bond donors (Lipinski definition) is 1. The predicted octanol–water partition coefficient (Wildman–Crippen LogP) is 1.84. The summed E-state index contributed by atoms with van der Waals surface area (Å²) in [5, 5.41) is 19.9. The Labute approximate surface area is 116 Å². The van der Waals surface area contributed by atoms with Crippen LogP contribution in [0.15, 0.2) is 23.4 Å². The number of carboxylic acid groups (broad SMARTS) is 1. The van der Waals surface area contributed by atoms with E-state index in [0.29, 0.717) is 15.7 Å². The van der Waals surface area contributed by atoms with Crippen LogP contribution in [0.25, 0.3) is 0 Å². The van der Waals surface area contributed by atoms with Gasteiger partial charge in [0.25, 0.3) is 0 Å². The van der Waals surface area contributed by atoms with Crippen LogP contribution < -0.4 is 0 Å². The van der Waals surface area contributed by atoms with Gasteiger partial charge < -0.3 is 5.11 Å². The summed E-state index contributed by atoms with van der Waals surface area (Å²) < 4.78 is 14.7. The highest BCUT2D eigenvalue weighted by Gasteiger charge is 2.11. The highest BCUT2D eigenvalue weighted by Crippen LogP contribution is 2.23. The maximum absolute atomic E-state index is 13.5. The second-order valence-corrected chi connectivity index (χ2v) is 4.92. The van der Waals surface area contributed by atoms with E-state index < -0.39 is 11.8 Å². The standard InChI is InChI=1S/C10H8ClFN4O2S/c11-7-2-1-6(8(12)3-7)5-19-10-13-14-15-16(10)4-9(17)18/h1-3H,4-5H2,(H,17,18). The van der Waals surface area contributed by atoms with E-state index in [1.165, 1.54) is 6.07 Å². The summed E-state index contributed by atoms with van der Waals surface area (Å²) in [7, 11) is 0. The summed E-state index contributed by atoms with van der Waals surface area (Å²) in [6.45, 7) is -0.335. The molecule has 1 heterocycles. The molecule has 0 radical (unpaired) electrons.